The van der Waals surface area contributed by atoms with Crippen molar-refractivity contribution in [1.29, 1.82) is 0 Å². The number of rotatable bonds is 3. The Bertz CT molecular complexity index is 788. The maximum atomic E-state index is 13.6. The minimum atomic E-state index is -0.285. The van der Waals surface area contributed by atoms with E-state index in [1.807, 2.05) is 13.0 Å². The number of nitrogens with zero attached hydrogens (tertiary/aromatic N) is 2. The molecule has 0 unspecified atom stereocenters. The lowest BCUT2D eigenvalue weighted by molar-refractivity contribution is 0.300. The highest BCUT2D eigenvalue weighted by Crippen LogP contribution is 2.32. The van der Waals surface area contributed by atoms with Gasteiger partial charge in [0.25, 0.3) is 0 Å². The molecule has 21 heavy (non-hydrogen) atoms. The van der Waals surface area contributed by atoms with Crippen LogP contribution < -0.4 is 0 Å². The number of benzene rings is 2. The fourth-order valence-electron chi connectivity index (χ4n) is 2.66. The molecule has 2 aromatic carbocycles. The van der Waals surface area contributed by atoms with Crippen LogP contribution in [0.4, 0.5) is 4.39 Å². The van der Waals surface area contributed by atoms with Gasteiger partial charge in [0.1, 0.15) is 5.82 Å². The van der Waals surface area contributed by atoms with Gasteiger partial charge in [-0.2, -0.15) is 0 Å². The van der Waals surface area contributed by atoms with Gasteiger partial charge in [0.05, 0.1) is 0 Å². The van der Waals surface area contributed by atoms with E-state index in [0.29, 0.717) is 12.2 Å². The summed E-state index contributed by atoms with van der Waals surface area (Å²) in [6.07, 6.45) is 3.88. The molecule has 0 amide bonds. The van der Waals surface area contributed by atoms with Crippen LogP contribution in [-0.2, 0) is 6.42 Å². The topological polar surface area (TPSA) is 46.0 Å². The molecule has 0 spiro atoms. The molecule has 0 aliphatic carbocycles. The summed E-state index contributed by atoms with van der Waals surface area (Å²) in [5, 5.41) is 11.0. The van der Waals surface area contributed by atoms with Crippen molar-refractivity contribution in [3.8, 4) is 11.4 Å². The second-order valence-corrected chi connectivity index (χ2v) is 4.96. The summed E-state index contributed by atoms with van der Waals surface area (Å²) in [5.74, 6) is 0.333. The van der Waals surface area contributed by atoms with Gasteiger partial charge in [-0.05, 0) is 59.5 Å². The highest BCUT2D eigenvalue weighted by Gasteiger charge is 2.13. The van der Waals surface area contributed by atoms with Gasteiger partial charge in [-0.25, -0.2) is 14.4 Å². The Kier molecular flexibility index (Phi) is 3.62. The lowest BCUT2D eigenvalue weighted by Gasteiger charge is -2.13. The van der Waals surface area contributed by atoms with Gasteiger partial charge in [-0.1, -0.05) is 6.07 Å². The Morgan fingerprint density at radius 2 is 1.86 bits per heavy atom. The van der Waals surface area contributed by atoms with Gasteiger partial charge in [-0.3, -0.25) is 0 Å². The van der Waals surface area contributed by atoms with E-state index in [4.69, 9.17) is 0 Å². The molecule has 1 N–H and O–H groups in total. The number of hydrogen-bond donors (Lipinski definition) is 1. The summed E-state index contributed by atoms with van der Waals surface area (Å²) >= 11 is 0. The van der Waals surface area contributed by atoms with Crippen LogP contribution in [0.3, 0.4) is 0 Å². The Balaban J connectivity index is 2.35. The second kappa shape index (κ2) is 5.58. The largest absolute Gasteiger partial charge is 0.396 e. The van der Waals surface area contributed by atoms with Crippen molar-refractivity contribution < 1.29 is 9.50 Å². The monoisotopic (exact) mass is 282 g/mol. The van der Waals surface area contributed by atoms with Crippen molar-refractivity contribution in [3.05, 3.63) is 59.7 Å². The number of aromatic nitrogens is 2. The third kappa shape index (κ3) is 2.50. The van der Waals surface area contributed by atoms with Crippen molar-refractivity contribution in [2.75, 3.05) is 6.61 Å². The van der Waals surface area contributed by atoms with Gasteiger partial charge in [0, 0.05) is 24.6 Å². The highest BCUT2D eigenvalue weighted by molar-refractivity contribution is 5.98. The molecule has 0 aliphatic heterocycles. The van der Waals surface area contributed by atoms with E-state index < -0.39 is 0 Å². The number of halogens is 1. The average Bonchev–Trinajstić information content (AvgIpc) is 2.50. The van der Waals surface area contributed by atoms with Gasteiger partial charge in [0.2, 0.25) is 0 Å². The van der Waals surface area contributed by atoms with Gasteiger partial charge < -0.3 is 5.11 Å². The van der Waals surface area contributed by atoms with Gasteiger partial charge in [0.15, 0.2) is 5.82 Å². The van der Waals surface area contributed by atoms with E-state index in [0.717, 1.165) is 27.5 Å². The van der Waals surface area contributed by atoms with E-state index >= 15 is 0 Å². The molecule has 3 rings (SSSR count). The molecule has 3 aromatic rings. The summed E-state index contributed by atoms with van der Waals surface area (Å²) in [4.78, 5) is 8.57. The third-order valence-electron chi connectivity index (χ3n) is 3.60. The number of hydrogen-bond acceptors (Lipinski definition) is 3. The van der Waals surface area contributed by atoms with Crippen molar-refractivity contribution in [2.24, 2.45) is 0 Å². The van der Waals surface area contributed by atoms with Crippen LogP contribution in [0, 0.1) is 12.7 Å². The molecular formula is C17H15FN2O. The number of aliphatic hydroxyl groups is 1. The van der Waals surface area contributed by atoms with E-state index in [1.165, 1.54) is 12.1 Å². The zero-order valence-corrected chi connectivity index (χ0v) is 11.7. The molecule has 3 nitrogen and oxygen atoms in total. The summed E-state index contributed by atoms with van der Waals surface area (Å²) in [6.45, 7) is 2.00. The minimum absolute atomic E-state index is 0.0354. The molecular weight excluding hydrogens is 267 g/mol. The molecule has 4 heteroatoms. The van der Waals surface area contributed by atoms with E-state index in [9.17, 15) is 9.50 Å². The second-order valence-electron chi connectivity index (χ2n) is 4.96. The lowest BCUT2D eigenvalue weighted by Crippen LogP contribution is -1.99. The van der Waals surface area contributed by atoms with Crippen LogP contribution in [0.5, 0.6) is 0 Å². The molecule has 106 valence electrons. The highest BCUT2D eigenvalue weighted by atomic mass is 19.1. The first-order valence-corrected chi connectivity index (χ1v) is 6.80. The van der Waals surface area contributed by atoms with Crippen LogP contribution in [-0.4, -0.2) is 21.7 Å². The van der Waals surface area contributed by atoms with Crippen molar-refractivity contribution >= 4 is 10.8 Å². The Hall–Kier alpha value is -2.33. The standard InChI is InChI=1S/C17H15FN2O/c1-11-9-16(17-19-6-2-7-20-17)14-4-3-12(18)10-15(14)13(11)5-8-21/h2-4,6-7,9-10,21H,5,8H2,1H3. The van der Waals surface area contributed by atoms with Crippen molar-refractivity contribution in [2.45, 2.75) is 13.3 Å². The Morgan fingerprint density at radius 1 is 1.10 bits per heavy atom. The molecule has 0 bridgehead atoms. The van der Waals surface area contributed by atoms with Crippen LogP contribution in [0.15, 0.2) is 42.7 Å². The molecule has 0 fully saturated rings. The predicted molar refractivity (Wildman–Crippen MR) is 80.5 cm³/mol. The zero-order valence-electron chi connectivity index (χ0n) is 11.7. The normalized spacial score (nSPS) is 11.0. The first kappa shape index (κ1) is 13.6. The molecule has 0 radical (unpaired) electrons. The predicted octanol–water partition coefficient (Wildman–Crippen LogP) is 3.28. The molecule has 0 atom stereocenters. The first-order chi connectivity index (χ1) is 10.2. The van der Waals surface area contributed by atoms with Crippen LogP contribution >= 0.6 is 0 Å². The van der Waals surface area contributed by atoms with Crippen molar-refractivity contribution in [1.82, 2.24) is 9.97 Å². The average molecular weight is 282 g/mol. The quantitative estimate of drug-likeness (QED) is 0.802. The number of aryl methyl sites for hydroxylation is 1. The number of fused-ring (bicyclic) bond motifs is 1. The first-order valence-electron chi connectivity index (χ1n) is 6.80. The molecule has 0 saturated carbocycles. The molecule has 0 aliphatic rings. The summed E-state index contributed by atoms with van der Waals surface area (Å²) in [6, 6.07) is 8.46. The molecule has 1 heterocycles. The summed E-state index contributed by atoms with van der Waals surface area (Å²) in [5.41, 5.74) is 2.85. The zero-order chi connectivity index (χ0) is 14.8. The van der Waals surface area contributed by atoms with E-state index in [1.54, 1.807) is 24.5 Å². The summed E-state index contributed by atoms with van der Waals surface area (Å²) in [7, 11) is 0. The Morgan fingerprint density at radius 3 is 2.57 bits per heavy atom. The minimum Gasteiger partial charge on any atom is -0.396 e. The van der Waals surface area contributed by atoms with Crippen LogP contribution in [0.25, 0.3) is 22.2 Å². The third-order valence-corrected chi connectivity index (χ3v) is 3.60. The Labute approximate surface area is 122 Å². The van der Waals surface area contributed by atoms with Gasteiger partial charge >= 0.3 is 0 Å². The van der Waals surface area contributed by atoms with E-state index in [-0.39, 0.29) is 12.4 Å². The maximum Gasteiger partial charge on any atom is 0.159 e. The fraction of sp³-hybridized carbons (Fsp3) is 0.176. The van der Waals surface area contributed by atoms with Crippen molar-refractivity contribution in [3.63, 3.8) is 0 Å². The summed E-state index contributed by atoms with van der Waals surface area (Å²) < 4.78 is 13.6. The number of aliphatic hydroxyl groups excluding tert-OH is 1. The van der Waals surface area contributed by atoms with E-state index in [2.05, 4.69) is 9.97 Å². The smallest absolute Gasteiger partial charge is 0.159 e. The fourth-order valence-corrected chi connectivity index (χ4v) is 2.66. The SMILES string of the molecule is Cc1cc(-c2ncccn2)c2ccc(F)cc2c1CCO. The van der Waals surface area contributed by atoms with Crippen LogP contribution in [0.1, 0.15) is 11.1 Å². The van der Waals surface area contributed by atoms with Crippen LogP contribution in [0.2, 0.25) is 0 Å². The molecule has 1 aromatic heterocycles. The lowest BCUT2D eigenvalue weighted by atomic mass is 9.93. The van der Waals surface area contributed by atoms with Gasteiger partial charge in [-0.15, -0.1) is 0 Å². The molecule has 0 saturated heterocycles. The maximum absolute atomic E-state index is 13.6.